The Balaban J connectivity index is 1.53. The minimum absolute atomic E-state index is 0.0712. The molecule has 0 bridgehead atoms. The van der Waals surface area contributed by atoms with Crippen LogP contribution < -0.4 is 4.72 Å². The molecule has 1 unspecified atom stereocenters. The van der Waals surface area contributed by atoms with Gasteiger partial charge in [-0.1, -0.05) is 18.2 Å². The largest absolute Gasteiger partial charge is 0.465 e. The number of hydrogen-bond donors (Lipinski definition) is 1. The van der Waals surface area contributed by atoms with Gasteiger partial charge in [-0.25, -0.2) is 17.9 Å². The van der Waals surface area contributed by atoms with Crippen LogP contribution >= 0.6 is 0 Å². The lowest BCUT2D eigenvalue weighted by Crippen LogP contribution is -2.33. The van der Waals surface area contributed by atoms with Gasteiger partial charge in [0.25, 0.3) is 5.91 Å². The third kappa shape index (κ3) is 4.98. The van der Waals surface area contributed by atoms with Gasteiger partial charge in [0, 0.05) is 12.3 Å². The number of amides is 1. The fourth-order valence-electron chi connectivity index (χ4n) is 4.00. The van der Waals surface area contributed by atoms with Gasteiger partial charge < -0.3 is 18.8 Å². The number of sulfonamides is 1. The second-order valence-electron chi connectivity index (χ2n) is 8.00. The van der Waals surface area contributed by atoms with Crippen molar-refractivity contribution in [2.75, 3.05) is 20.3 Å². The van der Waals surface area contributed by atoms with Crippen molar-refractivity contribution in [1.82, 2.24) is 9.62 Å². The number of hydrogen-bond acceptors (Lipinski definition) is 7. The third-order valence-electron chi connectivity index (χ3n) is 5.77. The molecule has 1 atom stereocenters. The molecule has 0 spiro atoms. The summed E-state index contributed by atoms with van der Waals surface area (Å²) in [7, 11) is -2.44. The summed E-state index contributed by atoms with van der Waals surface area (Å²) in [5, 5.41) is 0. The van der Waals surface area contributed by atoms with E-state index < -0.39 is 16.0 Å². The highest BCUT2D eigenvalue weighted by Gasteiger charge is 2.38. The molecule has 3 heterocycles. The number of carbonyl (C=O) groups excluding carboxylic acids is 2. The van der Waals surface area contributed by atoms with Crippen molar-refractivity contribution in [3.63, 3.8) is 0 Å². The van der Waals surface area contributed by atoms with E-state index in [2.05, 4.69) is 4.72 Å². The van der Waals surface area contributed by atoms with Gasteiger partial charge in [-0.2, -0.15) is 0 Å². The molecule has 4 rings (SSSR count). The summed E-state index contributed by atoms with van der Waals surface area (Å²) in [5.41, 5.74) is 0.836. The molecule has 0 saturated carbocycles. The van der Waals surface area contributed by atoms with Crippen LogP contribution in [0.2, 0.25) is 0 Å². The second kappa shape index (κ2) is 9.96. The van der Waals surface area contributed by atoms with Crippen LogP contribution in [0.5, 0.6) is 0 Å². The minimum Gasteiger partial charge on any atom is -0.465 e. The molecule has 1 aromatic heterocycles. The normalized spacial score (nSPS) is 19.9. The summed E-state index contributed by atoms with van der Waals surface area (Å²) >= 11 is 0. The summed E-state index contributed by atoms with van der Waals surface area (Å²) in [4.78, 5) is 27.3. The first-order chi connectivity index (χ1) is 16.3. The number of allylic oxidation sites excluding steroid dienone is 1. The van der Waals surface area contributed by atoms with Crippen molar-refractivity contribution >= 4 is 28.0 Å². The van der Waals surface area contributed by atoms with Crippen LogP contribution in [0.3, 0.4) is 0 Å². The molecule has 1 aromatic carbocycles. The summed E-state index contributed by atoms with van der Waals surface area (Å²) in [6, 6.07) is 11.2. The molecule has 10 heteroatoms. The van der Waals surface area contributed by atoms with E-state index in [4.69, 9.17) is 13.9 Å². The highest BCUT2D eigenvalue weighted by molar-refractivity contribution is 7.89. The van der Waals surface area contributed by atoms with Gasteiger partial charge in [-0.15, -0.1) is 0 Å². The van der Waals surface area contributed by atoms with Crippen molar-refractivity contribution in [3.8, 4) is 0 Å². The Hall–Kier alpha value is -3.21. The molecule has 180 valence electrons. The maximum absolute atomic E-state index is 13.2. The number of carbonyl (C=O) groups is 2. The van der Waals surface area contributed by atoms with E-state index in [0.29, 0.717) is 30.4 Å². The smallest absolute Gasteiger partial charge is 0.340 e. The lowest BCUT2D eigenvalue weighted by atomic mass is 10.1. The number of furan rings is 1. The number of esters is 1. The summed E-state index contributed by atoms with van der Waals surface area (Å²) in [5.74, 6) is -0.288. The number of rotatable bonds is 8. The van der Waals surface area contributed by atoms with E-state index in [1.54, 1.807) is 37.3 Å². The fourth-order valence-corrected chi connectivity index (χ4v) is 5.01. The summed E-state index contributed by atoms with van der Waals surface area (Å²) < 4.78 is 43.6. The molecule has 1 fully saturated rings. The maximum Gasteiger partial charge on any atom is 0.340 e. The zero-order valence-corrected chi connectivity index (χ0v) is 19.8. The molecule has 9 nitrogen and oxygen atoms in total. The number of nitrogens with one attached hydrogen (secondary N) is 1. The standard InChI is InChI=1S/C24H26N2O7S/c1-16-22(24(28)31-2)21(23(27)26(16)15-19-7-6-12-32-19)13-17-10-11-18(33-17)14-25-34(29,30)20-8-4-3-5-9-20/h3-5,8-11,13,19,25H,6-7,12,14-15H2,1-2H3. The predicted molar refractivity (Wildman–Crippen MR) is 123 cm³/mol. The first kappa shape index (κ1) is 23.9. The zero-order valence-electron chi connectivity index (χ0n) is 18.9. The van der Waals surface area contributed by atoms with Crippen molar-refractivity contribution in [2.24, 2.45) is 0 Å². The molecular weight excluding hydrogens is 460 g/mol. The van der Waals surface area contributed by atoms with Gasteiger partial charge in [-0.3, -0.25) is 4.79 Å². The Kier molecular flexibility index (Phi) is 7.01. The predicted octanol–water partition coefficient (Wildman–Crippen LogP) is 2.61. The molecule has 1 N–H and O–H groups in total. The van der Waals surface area contributed by atoms with Gasteiger partial charge in [0.2, 0.25) is 10.0 Å². The van der Waals surface area contributed by atoms with E-state index in [1.165, 1.54) is 30.2 Å². The van der Waals surface area contributed by atoms with Crippen LogP contribution in [-0.4, -0.2) is 51.6 Å². The average Bonchev–Trinajstić information content (AvgIpc) is 3.56. The van der Waals surface area contributed by atoms with E-state index in [1.807, 2.05) is 0 Å². The van der Waals surface area contributed by atoms with Crippen LogP contribution in [0.15, 0.2) is 68.6 Å². The molecule has 34 heavy (non-hydrogen) atoms. The Morgan fingerprint density at radius 2 is 2.00 bits per heavy atom. The zero-order chi connectivity index (χ0) is 24.3. The van der Waals surface area contributed by atoms with E-state index in [-0.39, 0.29) is 34.6 Å². The quantitative estimate of drug-likeness (QED) is 0.450. The van der Waals surface area contributed by atoms with E-state index in [0.717, 1.165) is 12.8 Å². The topological polar surface area (TPSA) is 115 Å². The SMILES string of the molecule is COC(=O)C1=C(C)N(CC2CCCO2)C(=O)C1=Cc1ccc(CNS(=O)(=O)c2ccccc2)o1. The highest BCUT2D eigenvalue weighted by Crippen LogP contribution is 2.33. The number of benzene rings is 1. The van der Waals surface area contributed by atoms with Crippen molar-refractivity contribution in [3.05, 3.63) is 70.8 Å². The lowest BCUT2D eigenvalue weighted by molar-refractivity contribution is -0.136. The van der Waals surface area contributed by atoms with E-state index >= 15 is 0 Å². The Morgan fingerprint density at radius 3 is 2.68 bits per heavy atom. The minimum atomic E-state index is -3.70. The molecule has 2 aliphatic heterocycles. The Labute approximate surface area is 198 Å². The van der Waals surface area contributed by atoms with Crippen LogP contribution in [0.4, 0.5) is 0 Å². The Bertz CT molecular complexity index is 1240. The van der Waals surface area contributed by atoms with Gasteiger partial charge in [0.05, 0.1) is 42.3 Å². The molecule has 0 radical (unpaired) electrons. The molecule has 2 aliphatic rings. The van der Waals surface area contributed by atoms with Crippen molar-refractivity contribution in [1.29, 1.82) is 0 Å². The number of ether oxygens (including phenoxy) is 2. The second-order valence-corrected chi connectivity index (χ2v) is 9.77. The van der Waals surface area contributed by atoms with Crippen molar-refractivity contribution < 1.29 is 31.9 Å². The first-order valence-corrected chi connectivity index (χ1v) is 12.4. The fraction of sp³-hybridized carbons (Fsp3) is 0.333. The van der Waals surface area contributed by atoms with Crippen LogP contribution in [0, 0.1) is 0 Å². The summed E-state index contributed by atoms with van der Waals surface area (Å²) in [6.45, 7) is 2.64. The monoisotopic (exact) mass is 486 g/mol. The van der Waals surface area contributed by atoms with Gasteiger partial charge in [0.1, 0.15) is 11.5 Å². The van der Waals surface area contributed by atoms with Gasteiger partial charge in [0.15, 0.2) is 0 Å². The average molecular weight is 487 g/mol. The summed E-state index contributed by atoms with van der Waals surface area (Å²) in [6.07, 6.45) is 3.18. The molecule has 1 amide bonds. The van der Waals surface area contributed by atoms with Crippen molar-refractivity contribution in [2.45, 2.75) is 37.3 Å². The van der Waals surface area contributed by atoms with Crippen LogP contribution in [0.25, 0.3) is 6.08 Å². The first-order valence-electron chi connectivity index (χ1n) is 10.9. The van der Waals surface area contributed by atoms with Gasteiger partial charge in [-0.05, 0) is 50.1 Å². The molecule has 2 aromatic rings. The molecule has 0 aliphatic carbocycles. The van der Waals surface area contributed by atoms with Crippen LogP contribution in [-0.2, 0) is 35.6 Å². The lowest BCUT2D eigenvalue weighted by Gasteiger charge is -2.21. The Morgan fingerprint density at radius 1 is 1.24 bits per heavy atom. The van der Waals surface area contributed by atoms with E-state index in [9.17, 15) is 18.0 Å². The van der Waals surface area contributed by atoms with Gasteiger partial charge >= 0.3 is 5.97 Å². The number of nitrogens with zero attached hydrogens (tertiary/aromatic N) is 1. The molecular formula is C24H26N2O7S. The maximum atomic E-state index is 13.2. The third-order valence-corrected chi connectivity index (χ3v) is 7.19. The van der Waals surface area contributed by atoms with Crippen LogP contribution in [0.1, 0.15) is 31.3 Å². The molecule has 1 saturated heterocycles. The number of methoxy groups -OCH3 is 1. The highest BCUT2D eigenvalue weighted by atomic mass is 32.2.